The van der Waals surface area contributed by atoms with Gasteiger partial charge in [-0.25, -0.2) is 19.1 Å². The van der Waals surface area contributed by atoms with E-state index >= 15 is 0 Å². The van der Waals surface area contributed by atoms with Gasteiger partial charge in [-0.15, -0.1) is 6.58 Å². The van der Waals surface area contributed by atoms with Gasteiger partial charge in [0.15, 0.2) is 17.4 Å². The molecule has 0 aliphatic carbocycles. The van der Waals surface area contributed by atoms with Crippen LogP contribution < -0.4 is 22.3 Å². The minimum Gasteiger partial charge on any atom is -0.459 e. The van der Waals surface area contributed by atoms with Crippen molar-refractivity contribution in [3.63, 3.8) is 0 Å². The second kappa shape index (κ2) is 9.09. The Morgan fingerprint density at radius 3 is 2.79 bits per heavy atom. The SMILES string of the molecule is C=CCn1c(=O)n([C@@H]2O[C@H](COC(=O)c3ccc(NC)nc3)[C@@H](O)[C@H]2O)c2nc(N)[nH]c(=O)c21. The van der Waals surface area contributed by atoms with Crippen LogP contribution in [-0.4, -0.2) is 72.2 Å². The summed E-state index contributed by atoms with van der Waals surface area (Å²) in [6, 6.07) is 3.09. The summed E-state index contributed by atoms with van der Waals surface area (Å²) in [6.45, 7) is 3.13. The van der Waals surface area contributed by atoms with Crippen molar-refractivity contribution >= 4 is 28.9 Å². The first-order chi connectivity index (χ1) is 16.3. The summed E-state index contributed by atoms with van der Waals surface area (Å²) in [4.78, 5) is 48.2. The van der Waals surface area contributed by atoms with Gasteiger partial charge in [0, 0.05) is 19.8 Å². The highest BCUT2D eigenvalue weighted by Gasteiger charge is 2.46. The number of rotatable bonds is 7. The van der Waals surface area contributed by atoms with Gasteiger partial charge in [-0.05, 0) is 12.1 Å². The molecule has 1 aliphatic rings. The van der Waals surface area contributed by atoms with Crippen molar-refractivity contribution in [2.45, 2.75) is 31.1 Å². The molecule has 1 saturated heterocycles. The van der Waals surface area contributed by atoms with Crippen molar-refractivity contribution in [3.8, 4) is 0 Å². The molecule has 0 aromatic carbocycles. The highest BCUT2D eigenvalue weighted by atomic mass is 16.6. The summed E-state index contributed by atoms with van der Waals surface area (Å²) in [7, 11) is 1.68. The monoisotopic (exact) mass is 473 g/mol. The number of nitrogen functional groups attached to an aromatic ring is 1. The van der Waals surface area contributed by atoms with Crippen LogP contribution in [-0.2, 0) is 16.0 Å². The van der Waals surface area contributed by atoms with Gasteiger partial charge in [-0.2, -0.15) is 4.98 Å². The molecule has 4 atom stereocenters. The molecule has 14 heteroatoms. The van der Waals surface area contributed by atoms with Crippen LogP contribution in [0, 0.1) is 0 Å². The summed E-state index contributed by atoms with van der Waals surface area (Å²) in [5.41, 5.74) is 4.17. The summed E-state index contributed by atoms with van der Waals surface area (Å²) in [6.07, 6.45) is -2.97. The Hall–Kier alpha value is -4.01. The lowest BCUT2D eigenvalue weighted by Gasteiger charge is -2.15. The number of aromatic nitrogens is 5. The number of H-pyrrole nitrogens is 1. The predicted octanol–water partition coefficient (Wildman–Crippen LogP) is -1.43. The first-order valence-electron chi connectivity index (χ1n) is 10.2. The summed E-state index contributed by atoms with van der Waals surface area (Å²) >= 11 is 0. The van der Waals surface area contributed by atoms with Gasteiger partial charge >= 0.3 is 11.7 Å². The number of pyridine rings is 1. The number of fused-ring (bicyclic) bond motifs is 1. The van der Waals surface area contributed by atoms with Crippen LogP contribution in [0.25, 0.3) is 11.2 Å². The Kier molecular flexibility index (Phi) is 6.19. The Morgan fingerprint density at radius 2 is 2.15 bits per heavy atom. The van der Waals surface area contributed by atoms with Crippen molar-refractivity contribution in [2.24, 2.45) is 0 Å². The predicted molar refractivity (Wildman–Crippen MR) is 119 cm³/mol. The lowest BCUT2D eigenvalue weighted by molar-refractivity contribution is -0.0579. The number of nitrogens with two attached hydrogens (primary N) is 1. The van der Waals surface area contributed by atoms with Crippen LogP contribution in [0.1, 0.15) is 16.6 Å². The van der Waals surface area contributed by atoms with Crippen molar-refractivity contribution in [1.29, 1.82) is 0 Å². The van der Waals surface area contributed by atoms with Crippen LogP contribution in [0.4, 0.5) is 11.8 Å². The fourth-order valence-corrected chi connectivity index (χ4v) is 3.71. The molecule has 3 aromatic rings. The van der Waals surface area contributed by atoms with Crippen molar-refractivity contribution in [1.82, 2.24) is 24.1 Å². The Balaban J connectivity index is 1.60. The number of nitrogens with one attached hydrogen (secondary N) is 2. The number of aromatic amines is 1. The average Bonchev–Trinajstić information content (AvgIpc) is 3.25. The van der Waals surface area contributed by atoms with Crippen LogP contribution in [0.2, 0.25) is 0 Å². The van der Waals surface area contributed by atoms with E-state index in [1.807, 2.05) is 0 Å². The molecule has 4 heterocycles. The van der Waals surface area contributed by atoms with Gasteiger partial charge in [0.2, 0.25) is 5.95 Å². The van der Waals surface area contributed by atoms with E-state index in [0.717, 1.165) is 9.13 Å². The third-order valence-electron chi connectivity index (χ3n) is 5.37. The van der Waals surface area contributed by atoms with Crippen molar-refractivity contribution in [2.75, 3.05) is 24.7 Å². The Bertz CT molecular complexity index is 1340. The van der Waals surface area contributed by atoms with E-state index in [-0.39, 0.29) is 29.2 Å². The zero-order valence-corrected chi connectivity index (χ0v) is 18.0. The number of esters is 1. The Morgan fingerprint density at radius 1 is 1.38 bits per heavy atom. The van der Waals surface area contributed by atoms with Gasteiger partial charge in [0.25, 0.3) is 5.56 Å². The molecule has 34 heavy (non-hydrogen) atoms. The summed E-state index contributed by atoms with van der Waals surface area (Å²) < 4.78 is 12.9. The van der Waals surface area contributed by atoms with E-state index in [1.54, 1.807) is 13.1 Å². The number of anilines is 2. The van der Waals surface area contributed by atoms with Gasteiger partial charge in [-0.1, -0.05) is 6.08 Å². The minimum atomic E-state index is -1.59. The number of ether oxygens (including phenoxy) is 2. The third kappa shape index (κ3) is 3.93. The van der Waals surface area contributed by atoms with Crippen LogP contribution >= 0.6 is 0 Å². The first kappa shape index (κ1) is 23.2. The fraction of sp³-hybridized carbons (Fsp3) is 0.350. The quantitative estimate of drug-likeness (QED) is 0.199. The van der Waals surface area contributed by atoms with E-state index in [1.165, 1.54) is 18.3 Å². The number of aliphatic hydroxyl groups excluding tert-OH is 2. The molecule has 14 nitrogen and oxygen atoms in total. The molecule has 0 spiro atoms. The van der Waals surface area contributed by atoms with E-state index in [0.29, 0.717) is 5.82 Å². The average molecular weight is 473 g/mol. The maximum absolute atomic E-state index is 13.1. The van der Waals surface area contributed by atoms with E-state index in [9.17, 15) is 24.6 Å². The molecule has 0 bridgehead atoms. The highest BCUT2D eigenvalue weighted by molar-refractivity contribution is 5.89. The highest BCUT2D eigenvalue weighted by Crippen LogP contribution is 2.30. The normalized spacial score (nSPS) is 22.1. The maximum atomic E-state index is 13.1. The first-order valence-corrected chi connectivity index (χ1v) is 10.2. The van der Waals surface area contributed by atoms with E-state index in [4.69, 9.17) is 15.2 Å². The molecule has 180 valence electrons. The van der Waals surface area contributed by atoms with Gasteiger partial charge in [0.1, 0.15) is 30.7 Å². The van der Waals surface area contributed by atoms with Gasteiger partial charge in [0.05, 0.1) is 5.56 Å². The zero-order chi connectivity index (χ0) is 24.6. The summed E-state index contributed by atoms with van der Waals surface area (Å²) in [5, 5.41) is 23.9. The number of carbonyl (C=O) groups excluding carboxylic acids is 1. The second-order valence-electron chi connectivity index (χ2n) is 7.50. The second-order valence-corrected chi connectivity index (χ2v) is 7.50. The third-order valence-corrected chi connectivity index (χ3v) is 5.37. The lowest BCUT2D eigenvalue weighted by Crippen LogP contribution is -2.36. The lowest BCUT2D eigenvalue weighted by atomic mass is 10.1. The molecular formula is C20H23N7O7. The number of nitrogens with zero attached hydrogens (tertiary/aromatic N) is 4. The molecule has 4 rings (SSSR count). The molecule has 1 aliphatic heterocycles. The maximum Gasteiger partial charge on any atom is 0.339 e. The largest absolute Gasteiger partial charge is 0.459 e. The fourth-order valence-electron chi connectivity index (χ4n) is 3.71. The van der Waals surface area contributed by atoms with Crippen molar-refractivity contribution in [3.05, 3.63) is 57.4 Å². The van der Waals surface area contributed by atoms with Crippen molar-refractivity contribution < 1.29 is 24.5 Å². The van der Waals surface area contributed by atoms with E-state index in [2.05, 4.69) is 26.8 Å². The molecule has 0 amide bonds. The Labute approximate surface area is 191 Å². The molecule has 6 N–H and O–H groups in total. The van der Waals surface area contributed by atoms with Crippen LogP contribution in [0.5, 0.6) is 0 Å². The molecule has 0 unspecified atom stereocenters. The van der Waals surface area contributed by atoms with E-state index < -0.39 is 48.4 Å². The van der Waals surface area contributed by atoms with Gasteiger partial charge < -0.3 is 30.7 Å². The molecular weight excluding hydrogens is 450 g/mol. The molecule has 1 fully saturated rings. The zero-order valence-electron chi connectivity index (χ0n) is 18.0. The van der Waals surface area contributed by atoms with Gasteiger partial charge in [-0.3, -0.25) is 14.3 Å². The number of aliphatic hydroxyl groups is 2. The molecule has 0 radical (unpaired) electrons. The van der Waals surface area contributed by atoms with Crippen LogP contribution in [0.15, 0.2) is 40.6 Å². The number of allylic oxidation sites excluding steroid dienone is 1. The summed E-state index contributed by atoms with van der Waals surface area (Å²) in [5.74, 6) is -0.408. The number of hydrogen-bond acceptors (Lipinski definition) is 11. The molecule has 3 aromatic heterocycles. The minimum absolute atomic E-state index is 0.0240. The standard InChI is InChI=1S/C20H23N7O7/c1-3-6-26-12-15(24-19(21)25-16(12)30)27(20(26)32)17-14(29)13(28)10(34-17)8-33-18(31)9-4-5-11(22-2)23-7-9/h3-5,7,10,13-14,17,28-29H,1,6,8H2,2H3,(H,22,23)(H3,21,24,25,30)/t10-,13-,14-,17-/m1/s1. The number of imidazole rings is 1. The molecule has 0 saturated carbocycles. The smallest absolute Gasteiger partial charge is 0.339 e. The number of carbonyl (C=O) groups is 1. The number of hydrogen-bond donors (Lipinski definition) is 5. The van der Waals surface area contributed by atoms with Crippen LogP contribution in [0.3, 0.4) is 0 Å². The topological polar surface area (TPSA) is 200 Å².